The van der Waals surface area contributed by atoms with E-state index in [4.69, 9.17) is 0 Å². The molecule has 150 valence electrons. The normalized spacial score (nSPS) is 13.6. The van der Waals surface area contributed by atoms with Gasteiger partial charge in [-0.1, -0.05) is 93.8 Å². The van der Waals surface area contributed by atoms with Gasteiger partial charge in [-0.25, -0.2) is 13.1 Å². The second-order valence-corrected chi connectivity index (χ2v) is 9.66. The smallest absolute Gasteiger partial charge is 0.241 e. The van der Waals surface area contributed by atoms with Gasteiger partial charge < -0.3 is 0 Å². The van der Waals surface area contributed by atoms with Crippen molar-refractivity contribution in [2.24, 2.45) is 0 Å². The third kappa shape index (κ3) is 5.21. The molecule has 0 unspecified atom stereocenters. The van der Waals surface area contributed by atoms with Crippen LogP contribution in [0.5, 0.6) is 0 Å². The number of carbonyl (C=O) groups excluding carboxylic acids is 1. The van der Waals surface area contributed by atoms with E-state index in [-0.39, 0.29) is 10.7 Å². The fraction of sp³-hybridized carbons (Fsp3) is 0.174. The number of alkyl halides is 1. The van der Waals surface area contributed by atoms with Crippen molar-refractivity contribution in [1.29, 1.82) is 0 Å². The van der Waals surface area contributed by atoms with Crippen LogP contribution >= 0.6 is 15.9 Å². The van der Waals surface area contributed by atoms with E-state index in [0.29, 0.717) is 11.1 Å². The van der Waals surface area contributed by atoms with Crippen LogP contribution in [0, 0.1) is 13.8 Å². The van der Waals surface area contributed by atoms with Gasteiger partial charge in [0.25, 0.3) is 0 Å². The molecule has 4 nitrogen and oxygen atoms in total. The average molecular weight is 472 g/mol. The summed E-state index contributed by atoms with van der Waals surface area (Å²) in [5, 5.41) is 0. The molecule has 0 saturated heterocycles. The van der Waals surface area contributed by atoms with Crippen LogP contribution < -0.4 is 4.72 Å². The van der Waals surface area contributed by atoms with Crippen molar-refractivity contribution < 1.29 is 13.2 Å². The van der Waals surface area contributed by atoms with E-state index < -0.39 is 20.9 Å². The van der Waals surface area contributed by atoms with Gasteiger partial charge in [-0.05, 0) is 31.5 Å². The Kier molecular flexibility index (Phi) is 6.67. The summed E-state index contributed by atoms with van der Waals surface area (Å²) in [7, 11) is -3.83. The van der Waals surface area contributed by atoms with Crippen LogP contribution in [0.1, 0.15) is 33.1 Å². The molecule has 0 radical (unpaired) electrons. The number of hydrogen-bond donors (Lipinski definition) is 1. The molecule has 0 aliphatic rings. The topological polar surface area (TPSA) is 63.2 Å². The molecule has 1 N–H and O–H groups in total. The fourth-order valence-corrected chi connectivity index (χ4v) is 5.05. The van der Waals surface area contributed by atoms with Crippen LogP contribution in [0.25, 0.3) is 0 Å². The summed E-state index contributed by atoms with van der Waals surface area (Å²) in [6.07, 6.45) is 0. The van der Waals surface area contributed by atoms with Crippen molar-refractivity contribution in [2.75, 3.05) is 0 Å². The summed E-state index contributed by atoms with van der Waals surface area (Å²) < 4.78 is 28.7. The second kappa shape index (κ2) is 9.03. The van der Waals surface area contributed by atoms with Gasteiger partial charge in [0.1, 0.15) is 0 Å². The first-order valence-corrected chi connectivity index (χ1v) is 11.6. The predicted octanol–water partition coefficient (Wildman–Crippen LogP) is 4.97. The van der Waals surface area contributed by atoms with Crippen molar-refractivity contribution in [3.8, 4) is 0 Å². The molecule has 6 heteroatoms. The monoisotopic (exact) mass is 471 g/mol. The predicted molar refractivity (Wildman–Crippen MR) is 119 cm³/mol. The SMILES string of the molecule is Cc1ccc([C@@H](NS(=O)(=O)c2ccc(C)cc2)[C@@H](Br)C(=O)c2ccccc2)cc1. The van der Waals surface area contributed by atoms with Gasteiger partial charge in [-0.15, -0.1) is 0 Å². The van der Waals surface area contributed by atoms with Crippen molar-refractivity contribution in [2.45, 2.75) is 29.6 Å². The molecule has 0 bridgehead atoms. The number of nitrogens with one attached hydrogen (secondary N) is 1. The lowest BCUT2D eigenvalue weighted by Gasteiger charge is -2.24. The van der Waals surface area contributed by atoms with Crippen LogP contribution in [0.3, 0.4) is 0 Å². The van der Waals surface area contributed by atoms with Gasteiger partial charge in [0.05, 0.1) is 15.8 Å². The number of carbonyl (C=O) groups is 1. The second-order valence-electron chi connectivity index (χ2n) is 6.95. The molecule has 0 spiro atoms. The van der Waals surface area contributed by atoms with E-state index >= 15 is 0 Å². The lowest BCUT2D eigenvalue weighted by atomic mass is 9.98. The Morgan fingerprint density at radius 2 is 1.34 bits per heavy atom. The zero-order valence-electron chi connectivity index (χ0n) is 16.2. The Balaban J connectivity index is 1.98. The molecule has 0 aliphatic heterocycles. The zero-order valence-corrected chi connectivity index (χ0v) is 18.6. The lowest BCUT2D eigenvalue weighted by Crippen LogP contribution is -2.37. The highest BCUT2D eigenvalue weighted by Crippen LogP contribution is 2.28. The molecule has 0 aliphatic carbocycles. The maximum Gasteiger partial charge on any atom is 0.241 e. The van der Waals surface area contributed by atoms with Gasteiger partial charge in [0.15, 0.2) is 5.78 Å². The van der Waals surface area contributed by atoms with E-state index in [1.165, 1.54) is 0 Å². The van der Waals surface area contributed by atoms with Crippen LogP contribution in [0.2, 0.25) is 0 Å². The first-order valence-electron chi connectivity index (χ1n) is 9.17. The van der Waals surface area contributed by atoms with Crippen LogP contribution in [-0.4, -0.2) is 19.0 Å². The third-order valence-corrected chi connectivity index (χ3v) is 7.05. The number of benzene rings is 3. The van der Waals surface area contributed by atoms with Crippen LogP contribution in [0.4, 0.5) is 0 Å². The highest BCUT2D eigenvalue weighted by molar-refractivity contribution is 9.10. The molecule has 3 rings (SSSR count). The molecule has 0 saturated carbocycles. The van der Waals surface area contributed by atoms with Gasteiger partial charge in [-0.3, -0.25) is 4.79 Å². The summed E-state index contributed by atoms with van der Waals surface area (Å²) >= 11 is 3.46. The van der Waals surface area contributed by atoms with E-state index in [1.54, 1.807) is 48.5 Å². The van der Waals surface area contributed by atoms with Gasteiger partial charge in [0.2, 0.25) is 10.0 Å². The molecule has 2 atom stereocenters. The summed E-state index contributed by atoms with van der Waals surface area (Å²) in [6, 6.07) is 22.2. The van der Waals surface area contributed by atoms with Crippen molar-refractivity contribution in [1.82, 2.24) is 4.72 Å². The third-order valence-electron chi connectivity index (χ3n) is 4.65. The number of rotatable bonds is 7. The number of Topliss-reactive ketones (excluding diaryl/α,β-unsaturated/α-hetero) is 1. The summed E-state index contributed by atoms with van der Waals surface area (Å²) in [4.78, 5) is 12.4. The van der Waals surface area contributed by atoms with Gasteiger partial charge >= 0.3 is 0 Å². The Labute approximate surface area is 180 Å². The summed E-state index contributed by atoms with van der Waals surface area (Å²) in [5.74, 6) is -0.192. The van der Waals surface area contributed by atoms with E-state index in [9.17, 15) is 13.2 Å². The van der Waals surface area contributed by atoms with E-state index in [2.05, 4.69) is 20.7 Å². The highest BCUT2D eigenvalue weighted by atomic mass is 79.9. The Bertz CT molecular complexity index is 1080. The van der Waals surface area contributed by atoms with Crippen molar-refractivity contribution >= 4 is 31.7 Å². The number of aryl methyl sites for hydroxylation is 2. The molecule has 0 amide bonds. The minimum Gasteiger partial charge on any atom is -0.293 e. The van der Waals surface area contributed by atoms with E-state index in [0.717, 1.165) is 11.1 Å². The summed E-state index contributed by atoms with van der Waals surface area (Å²) in [6.45, 7) is 3.85. The molecule has 0 aromatic heterocycles. The first-order chi connectivity index (χ1) is 13.8. The minimum absolute atomic E-state index is 0.159. The molecular weight excluding hydrogens is 450 g/mol. The van der Waals surface area contributed by atoms with E-state index in [1.807, 2.05) is 44.2 Å². The molecule has 29 heavy (non-hydrogen) atoms. The Morgan fingerprint density at radius 1 is 0.828 bits per heavy atom. The molecule has 0 fully saturated rings. The molecule has 3 aromatic rings. The maximum absolute atomic E-state index is 13.0. The standard InChI is InChI=1S/C23H22BrNO3S/c1-16-8-12-18(13-9-16)22(21(24)23(26)19-6-4-3-5-7-19)25-29(27,28)20-14-10-17(2)11-15-20/h3-15,21-22,25H,1-2H3/t21-,22-/m1/s1. The van der Waals surface area contributed by atoms with Crippen LogP contribution in [-0.2, 0) is 10.0 Å². The number of ketones is 1. The highest BCUT2D eigenvalue weighted by Gasteiger charge is 2.32. The minimum atomic E-state index is -3.83. The van der Waals surface area contributed by atoms with Gasteiger partial charge in [-0.2, -0.15) is 0 Å². The van der Waals surface area contributed by atoms with Gasteiger partial charge in [0, 0.05) is 5.56 Å². The zero-order chi connectivity index (χ0) is 21.0. The number of hydrogen-bond acceptors (Lipinski definition) is 3. The number of halogens is 1. The Hall–Kier alpha value is -2.28. The molecular formula is C23H22BrNO3S. The van der Waals surface area contributed by atoms with Crippen molar-refractivity contribution in [3.63, 3.8) is 0 Å². The fourth-order valence-electron chi connectivity index (χ4n) is 2.94. The van der Waals surface area contributed by atoms with Crippen molar-refractivity contribution in [3.05, 3.63) is 101 Å². The largest absolute Gasteiger partial charge is 0.293 e. The quantitative estimate of drug-likeness (QED) is 0.390. The Morgan fingerprint density at radius 3 is 1.90 bits per heavy atom. The molecule has 3 aromatic carbocycles. The molecule has 0 heterocycles. The summed E-state index contributed by atoms with van der Waals surface area (Å²) in [5.41, 5.74) is 3.24. The first kappa shape index (κ1) is 21.4. The van der Waals surface area contributed by atoms with Crippen LogP contribution in [0.15, 0.2) is 83.8 Å². The lowest BCUT2D eigenvalue weighted by molar-refractivity contribution is 0.0982. The average Bonchev–Trinajstić information content (AvgIpc) is 2.73. The maximum atomic E-state index is 13.0. The number of sulfonamides is 1.